The van der Waals surface area contributed by atoms with E-state index in [1.165, 1.54) is 22.6 Å². The number of hydrogen-bond acceptors (Lipinski definition) is 2. The average Bonchev–Trinajstić information content (AvgIpc) is 2.29. The molecule has 4 heteroatoms. The number of hydrogen-bond donors (Lipinski definition) is 2. The van der Waals surface area contributed by atoms with Gasteiger partial charge in [-0.05, 0) is 42.4 Å². The van der Waals surface area contributed by atoms with Gasteiger partial charge in [0.2, 0.25) is 0 Å². The van der Waals surface area contributed by atoms with E-state index in [0.717, 1.165) is 12.1 Å². The number of carbonyl (C=O) groups excluding carboxylic acids is 1. The predicted octanol–water partition coefficient (Wildman–Crippen LogP) is 2.48. The first-order valence-corrected chi connectivity index (χ1v) is 6.02. The lowest BCUT2D eigenvalue weighted by atomic mass is 10.1. The molecule has 0 bridgehead atoms. The molecule has 0 aliphatic carbocycles. The molecule has 80 valence electrons. The third-order valence-corrected chi connectivity index (χ3v) is 3.60. The highest BCUT2D eigenvalue weighted by Crippen LogP contribution is 2.31. The van der Waals surface area contributed by atoms with Crippen molar-refractivity contribution >= 4 is 23.5 Å². The van der Waals surface area contributed by atoms with Crippen LogP contribution in [0.2, 0.25) is 0 Å². The largest absolute Gasteiger partial charge is 0.341 e. The standard InChI is InChI=1S/C11H14N2OS/c1-12-11(14)13-9-4-5-10-8(7-9)3-2-6-15-10/h4-5,7H,2-3,6H2,1H3,(H2,12,13,14). The van der Waals surface area contributed by atoms with E-state index >= 15 is 0 Å². The summed E-state index contributed by atoms with van der Waals surface area (Å²) in [6.07, 6.45) is 2.34. The maximum Gasteiger partial charge on any atom is 0.318 e. The second-order valence-electron chi connectivity index (χ2n) is 3.48. The molecule has 0 fully saturated rings. The van der Waals surface area contributed by atoms with Crippen LogP contribution in [0.3, 0.4) is 0 Å². The number of amides is 2. The van der Waals surface area contributed by atoms with Crippen molar-refractivity contribution in [3.63, 3.8) is 0 Å². The molecule has 2 amide bonds. The molecule has 0 saturated heterocycles. The lowest BCUT2D eigenvalue weighted by molar-refractivity contribution is 0.254. The van der Waals surface area contributed by atoms with Crippen LogP contribution < -0.4 is 10.6 Å². The van der Waals surface area contributed by atoms with E-state index in [1.54, 1.807) is 7.05 Å². The Morgan fingerprint density at radius 2 is 2.33 bits per heavy atom. The molecule has 0 spiro atoms. The average molecular weight is 222 g/mol. The Morgan fingerprint density at radius 3 is 3.13 bits per heavy atom. The highest BCUT2D eigenvalue weighted by atomic mass is 32.2. The van der Waals surface area contributed by atoms with Crippen LogP contribution >= 0.6 is 11.8 Å². The molecular weight excluding hydrogens is 208 g/mol. The lowest BCUT2D eigenvalue weighted by Gasteiger charge is -2.16. The fourth-order valence-corrected chi connectivity index (χ4v) is 2.65. The maximum atomic E-state index is 11.1. The molecule has 1 aromatic carbocycles. The van der Waals surface area contributed by atoms with Gasteiger partial charge in [0.05, 0.1) is 0 Å². The molecule has 3 nitrogen and oxygen atoms in total. The third-order valence-electron chi connectivity index (χ3n) is 2.39. The Kier molecular flexibility index (Phi) is 3.16. The number of aryl methyl sites for hydroxylation is 1. The highest BCUT2D eigenvalue weighted by Gasteiger charge is 2.10. The zero-order valence-corrected chi connectivity index (χ0v) is 9.49. The van der Waals surface area contributed by atoms with E-state index in [4.69, 9.17) is 0 Å². The van der Waals surface area contributed by atoms with Crippen molar-refractivity contribution < 1.29 is 4.79 Å². The fourth-order valence-electron chi connectivity index (χ4n) is 1.63. The molecule has 1 aromatic rings. The van der Waals surface area contributed by atoms with Crippen molar-refractivity contribution in [2.45, 2.75) is 17.7 Å². The van der Waals surface area contributed by atoms with Gasteiger partial charge in [-0.3, -0.25) is 0 Å². The number of fused-ring (bicyclic) bond motifs is 1. The van der Waals surface area contributed by atoms with E-state index in [1.807, 2.05) is 17.8 Å². The molecule has 0 atom stereocenters. The van der Waals surface area contributed by atoms with E-state index in [0.29, 0.717) is 0 Å². The summed E-state index contributed by atoms with van der Waals surface area (Å²) in [6, 6.07) is 5.94. The molecule has 2 rings (SSSR count). The molecule has 0 radical (unpaired) electrons. The second-order valence-corrected chi connectivity index (χ2v) is 4.62. The number of carbonyl (C=O) groups is 1. The summed E-state index contributed by atoms with van der Waals surface area (Å²) in [6.45, 7) is 0. The minimum absolute atomic E-state index is 0.168. The van der Waals surface area contributed by atoms with Crippen molar-refractivity contribution in [1.29, 1.82) is 0 Å². The van der Waals surface area contributed by atoms with Crippen LogP contribution in [-0.2, 0) is 6.42 Å². The summed E-state index contributed by atoms with van der Waals surface area (Å²) in [5.41, 5.74) is 2.22. The second kappa shape index (κ2) is 4.57. The van der Waals surface area contributed by atoms with Crippen molar-refractivity contribution in [2.75, 3.05) is 18.1 Å². The predicted molar refractivity (Wildman–Crippen MR) is 63.6 cm³/mol. The van der Waals surface area contributed by atoms with Gasteiger partial charge in [-0.1, -0.05) is 0 Å². The molecule has 1 aliphatic rings. The summed E-state index contributed by atoms with van der Waals surface area (Å²) in [4.78, 5) is 12.5. The van der Waals surface area contributed by atoms with Crippen LogP contribution in [0.4, 0.5) is 10.5 Å². The Labute approximate surface area is 93.6 Å². The van der Waals surface area contributed by atoms with Gasteiger partial charge in [0.1, 0.15) is 0 Å². The van der Waals surface area contributed by atoms with Gasteiger partial charge in [0.25, 0.3) is 0 Å². The number of urea groups is 1. The topological polar surface area (TPSA) is 41.1 Å². The smallest absolute Gasteiger partial charge is 0.318 e. The number of nitrogens with one attached hydrogen (secondary N) is 2. The highest BCUT2D eigenvalue weighted by molar-refractivity contribution is 7.99. The van der Waals surface area contributed by atoms with Crippen LogP contribution in [0, 0.1) is 0 Å². The summed E-state index contributed by atoms with van der Waals surface area (Å²) in [5, 5.41) is 5.32. The first-order chi connectivity index (χ1) is 7.29. The van der Waals surface area contributed by atoms with Gasteiger partial charge in [-0.15, -0.1) is 11.8 Å². The van der Waals surface area contributed by atoms with Gasteiger partial charge >= 0.3 is 6.03 Å². The quantitative estimate of drug-likeness (QED) is 0.766. The fraction of sp³-hybridized carbons (Fsp3) is 0.364. The van der Waals surface area contributed by atoms with Gasteiger partial charge in [-0.25, -0.2) is 4.79 Å². The Hall–Kier alpha value is -1.16. The molecule has 1 aliphatic heterocycles. The normalized spacial score (nSPS) is 14.2. The van der Waals surface area contributed by atoms with E-state index in [2.05, 4.69) is 22.8 Å². The van der Waals surface area contributed by atoms with E-state index in [-0.39, 0.29) is 6.03 Å². The van der Waals surface area contributed by atoms with Crippen molar-refractivity contribution in [2.24, 2.45) is 0 Å². The zero-order chi connectivity index (χ0) is 10.7. The molecule has 15 heavy (non-hydrogen) atoms. The van der Waals surface area contributed by atoms with Crippen LogP contribution in [-0.4, -0.2) is 18.8 Å². The molecule has 0 aromatic heterocycles. The number of anilines is 1. The van der Waals surface area contributed by atoms with Crippen LogP contribution in [0.25, 0.3) is 0 Å². The SMILES string of the molecule is CNC(=O)Nc1ccc2c(c1)CCCS2. The third kappa shape index (κ3) is 2.45. The minimum atomic E-state index is -0.168. The van der Waals surface area contributed by atoms with Crippen LogP contribution in [0.15, 0.2) is 23.1 Å². The lowest BCUT2D eigenvalue weighted by Crippen LogP contribution is -2.24. The zero-order valence-electron chi connectivity index (χ0n) is 8.67. The first kappa shape index (κ1) is 10.4. The Bertz CT molecular complexity index is 379. The maximum absolute atomic E-state index is 11.1. The van der Waals surface area contributed by atoms with Crippen LogP contribution in [0.1, 0.15) is 12.0 Å². The summed E-state index contributed by atoms with van der Waals surface area (Å²) in [7, 11) is 1.61. The number of rotatable bonds is 1. The Morgan fingerprint density at radius 1 is 1.47 bits per heavy atom. The van der Waals surface area contributed by atoms with Crippen molar-refractivity contribution in [3.05, 3.63) is 23.8 Å². The van der Waals surface area contributed by atoms with Gasteiger partial charge in [-0.2, -0.15) is 0 Å². The number of thioether (sulfide) groups is 1. The van der Waals surface area contributed by atoms with Gasteiger partial charge in [0.15, 0.2) is 0 Å². The summed E-state index contributed by atoms with van der Waals surface area (Å²) in [5.74, 6) is 1.20. The first-order valence-electron chi connectivity index (χ1n) is 5.04. The summed E-state index contributed by atoms with van der Waals surface area (Å²) >= 11 is 1.89. The molecule has 2 N–H and O–H groups in total. The molecule has 1 heterocycles. The summed E-state index contributed by atoms with van der Waals surface area (Å²) < 4.78 is 0. The monoisotopic (exact) mass is 222 g/mol. The minimum Gasteiger partial charge on any atom is -0.341 e. The molecule has 0 unspecified atom stereocenters. The molecule has 0 saturated carbocycles. The van der Waals surface area contributed by atoms with E-state index in [9.17, 15) is 4.79 Å². The van der Waals surface area contributed by atoms with Crippen LogP contribution in [0.5, 0.6) is 0 Å². The molecular formula is C11H14N2OS. The van der Waals surface area contributed by atoms with Crippen molar-refractivity contribution in [3.8, 4) is 0 Å². The van der Waals surface area contributed by atoms with Gasteiger partial charge < -0.3 is 10.6 Å². The van der Waals surface area contributed by atoms with Gasteiger partial charge in [0, 0.05) is 17.6 Å². The van der Waals surface area contributed by atoms with Crippen molar-refractivity contribution in [1.82, 2.24) is 5.32 Å². The Balaban J connectivity index is 2.17. The number of benzene rings is 1. The van der Waals surface area contributed by atoms with E-state index < -0.39 is 0 Å².